The van der Waals surface area contributed by atoms with Gasteiger partial charge in [-0.2, -0.15) is 5.10 Å². The maximum atomic E-state index is 12.9. The van der Waals surface area contributed by atoms with Crippen LogP contribution in [-0.4, -0.2) is 66.7 Å². The smallest absolute Gasteiger partial charge is 0.465 e. The number of rotatable bonds is 4. The molecule has 1 aliphatic heterocycles. The van der Waals surface area contributed by atoms with Gasteiger partial charge >= 0.3 is 12.5 Å². The number of anilines is 1. The number of amides is 2. The minimum atomic E-state index is -4.91. The lowest BCUT2D eigenvalue weighted by Crippen LogP contribution is -2.68. The molecule has 2 aliphatic rings. The number of fused-ring (bicyclic) bond motifs is 1. The van der Waals surface area contributed by atoms with Crippen LogP contribution in [0.2, 0.25) is 0 Å². The van der Waals surface area contributed by atoms with Crippen LogP contribution in [0.3, 0.4) is 0 Å². The number of imidazole rings is 1. The molecular formula is C20H19F3N6O4. The highest BCUT2D eigenvalue weighted by atomic mass is 19.4. The maximum absolute atomic E-state index is 12.9. The van der Waals surface area contributed by atoms with Crippen molar-refractivity contribution in [3.63, 3.8) is 0 Å². The van der Waals surface area contributed by atoms with Crippen LogP contribution in [-0.2, 0) is 7.05 Å². The van der Waals surface area contributed by atoms with E-state index in [4.69, 9.17) is 0 Å². The van der Waals surface area contributed by atoms with Crippen molar-refractivity contribution in [2.45, 2.75) is 25.2 Å². The van der Waals surface area contributed by atoms with Gasteiger partial charge < -0.3 is 19.3 Å². The van der Waals surface area contributed by atoms with Gasteiger partial charge in [0.1, 0.15) is 17.0 Å². The number of nitrogens with zero attached hydrogens (tertiary/aromatic N) is 6. The number of aromatic nitrogens is 4. The van der Waals surface area contributed by atoms with Crippen LogP contribution in [0.15, 0.2) is 37.1 Å². The molecule has 1 aliphatic carbocycles. The number of halogens is 3. The van der Waals surface area contributed by atoms with Gasteiger partial charge in [-0.1, -0.05) is 0 Å². The second-order valence-corrected chi connectivity index (χ2v) is 8.54. The van der Waals surface area contributed by atoms with Crippen molar-refractivity contribution in [3.05, 3.63) is 42.6 Å². The van der Waals surface area contributed by atoms with Crippen LogP contribution in [0.4, 0.5) is 23.7 Å². The van der Waals surface area contributed by atoms with E-state index in [1.165, 1.54) is 12.4 Å². The summed E-state index contributed by atoms with van der Waals surface area (Å²) in [7, 11) is 1.83. The largest absolute Gasteiger partial charge is 0.573 e. The first kappa shape index (κ1) is 21.1. The highest BCUT2D eigenvalue weighted by Crippen LogP contribution is 2.51. The van der Waals surface area contributed by atoms with Gasteiger partial charge in [-0.3, -0.25) is 14.7 Å². The van der Waals surface area contributed by atoms with E-state index >= 15 is 0 Å². The number of hydrogen-bond donors (Lipinski definition) is 1. The molecule has 3 aromatic rings. The van der Waals surface area contributed by atoms with Crippen LogP contribution >= 0.6 is 0 Å². The summed E-state index contributed by atoms with van der Waals surface area (Å²) in [5.41, 5.74) is 0.982. The summed E-state index contributed by atoms with van der Waals surface area (Å²) in [5, 5.41) is 13.9. The molecule has 33 heavy (non-hydrogen) atoms. The molecule has 2 fully saturated rings. The Morgan fingerprint density at radius 2 is 1.94 bits per heavy atom. The number of carbonyl (C=O) groups is 2. The van der Waals surface area contributed by atoms with E-state index in [1.54, 1.807) is 21.8 Å². The van der Waals surface area contributed by atoms with Crippen molar-refractivity contribution in [2.75, 3.05) is 18.0 Å². The van der Waals surface area contributed by atoms with Gasteiger partial charge in [0, 0.05) is 50.1 Å². The molecular weight excluding hydrogens is 445 g/mol. The Balaban J connectivity index is 1.25. The molecule has 1 N–H and O–H groups in total. The van der Waals surface area contributed by atoms with Gasteiger partial charge in [-0.15, -0.1) is 13.2 Å². The topological polar surface area (TPSA) is 105 Å². The van der Waals surface area contributed by atoms with Crippen molar-refractivity contribution in [3.8, 4) is 5.75 Å². The molecule has 0 radical (unpaired) electrons. The molecule has 1 spiro atoms. The molecule has 4 heterocycles. The average Bonchev–Trinajstić information content (AvgIpc) is 3.23. The van der Waals surface area contributed by atoms with E-state index in [2.05, 4.69) is 14.8 Å². The van der Waals surface area contributed by atoms with Crippen molar-refractivity contribution >= 4 is 23.3 Å². The number of aryl methyl sites for hydroxylation is 1. The molecule has 0 bridgehead atoms. The van der Waals surface area contributed by atoms with Crippen LogP contribution in [0.5, 0.6) is 5.75 Å². The van der Waals surface area contributed by atoms with Gasteiger partial charge in [-0.05, 0) is 12.8 Å². The molecule has 1 saturated heterocycles. The lowest BCUT2D eigenvalue weighted by atomic mass is 9.60. The van der Waals surface area contributed by atoms with Gasteiger partial charge in [-0.25, -0.2) is 9.31 Å². The van der Waals surface area contributed by atoms with Crippen molar-refractivity contribution in [1.29, 1.82) is 0 Å². The Hall–Kier alpha value is -3.77. The average molecular weight is 464 g/mol. The number of likely N-dealkylation sites (tertiary alicyclic amines) is 1. The second-order valence-electron chi connectivity index (χ2n) is 8.54. The monoisotopic (exact) mass is 464 g/mol. The standard InChI is InChI=1S/C20H19F3N6O4/c1-26-2-3-28-16(26)15(9-25-28)17(30)27-10-19(11-27)5-13(6-19)29(18(31)32)12-4-14(8-24-7-12)33-20(21,22)23/h2-4,7-9,13H,5-6,10-11H2,1H3,(H,31,32). The predicted molar refractivity (Wildman–Crippen MR) is 107 cm³/mol. The van der Waals surface area contributed by atoms with Crippen LogP contribution in [0.25, 0.3) is 5.65 Å². The van der Waals surface area contributed by atoms with E-state index in [1.807, 2.05) is 11.6 Å². The lowest BCUT2D eigenvalue weighted by Gasteiger charge is -2.60. The Morgan fingerprint density at radius 1 is 1.21 bits per heavy atom. The van der Waals surface area contributed by atoms with E-state index in [0.717, 1.165) is 17.2 Å². The lowest BCUT2D eigenvalue weighted by molar-refractivity contribution is -0.274. The van der Waals surface area contributed by atoms with Crippen LogP contribution < -0.4 is 9.64 Å². The number of alkyl halides is 3. The Bertz CT molecular complexity index is 1240. The summed E-state index contributed by atoms with van der Waals surface area (Å²) in [6, 6.07) is 0.569. The fraction of sp³-hybridized carbons (Fsp3) is 0.400. The van der Waals surface area contributed by atoms with Crippen molar-refractivity contribution in [2.24, 2.45) is 12.5 Å². The van der Waals surface area contributed by atoms with E-state index in [9.17, 15) is 27.9 Å². The van der Waals surface area contributed by atoms with Gasteiger partial charge in [0.2, 0.25) is 0 Å². The molecule has 0 aromatic carbocycles. The van der Waals surface area contributed by atoms with E-state index in [0.29, 0.717) is 37.1 Å². The van der Waals surface area contributed by atoms with Gasteiger partial charge in [0.05, 0.1) is 24.3 Å². The van der Waals surface area contributed by atoms with E-state index in [-0.39, 0.29) is 17.0 Å². The summed E-state index contributed by atoms with van der Waals surface area (Å²) in [6.07, 6.45) is 1.92. The van der Waals surface area contributed by atoms with Crippen molar-refractivity contribution < 1.29 is 32.6 Å². The van der Waals surface area contributed by atoms with E-state index < -0.39 is 24.2 Å². The maximum Gasteiger partial charge on any atom is 0.573 e. The first-order valence-corrected chi connectivity index (χ1v) is 10.1. The first-order chi connectivity index (χ1) is 15.6. The Kier molecular flexibility index (Phi) is 4.55. The summed E-state index contributed by atoms with van der Waals surface area (Å²) in [4.78, 5) is 31.2. The third-order valence-corrected chi connectivity index (χ3v) is 6.22. The van der Waals surface area contributed by atoms with Crippen LogP contribution in [0.1, 0.15) is 23.2 Å². The fourth-order valence-electron chi connectivity index (χ4n) is 4.87. The third kappa shape index (κ3) is 3.62. The van der Waals surface area contributed by atoms with Crippen LogP contribution in [0, 0.1) is 5.41 Å². The fourth-order valence-corrected chi connectivity index (χ4v) is 4.87. The minimum absolute atomic E-state index is 0.00217. The number of hydrogen-bond acceptors (Lipinski definition) is 5. The van der Waals surface area contributed by atoms with Gasteiger partial charge in [0.15, 0.2) is 0 Å². The highest BCUT2D eigenvalue weighted by molar-refractivity contribution is 6.00. The molecule has 1 saturated carbocycles. The molecule has 3 aromatic heterocycles. The third-order valence-electron chi connectivity index (χ3n) is 6.22. The summed E-state index contributed by atoms with van der Waals surface area (Å²) in [5.74, 6) is -0.731. The molecule has 0 unspecified atom stereocenters. The summed E-state index contributed by atoms with van der Waals surface area (Å²) in [6.45, 7) is 0.958. The summed E-state index contributed by atoms with van der Waals surface area (Å²) >= 11 is 0. The zero-order chi connectivity index (χ0) is 23.5. The predicted octanol–water partition coefficient (Wildman–Crippen LogP) is 2.76. The Morgan fingerprint density at radius 3 is 2.61 bits per heavy atom. The molecule has 0 atom stereocenters. The molecule has 10 nitrogen and oxygen atoms in total. The molecule has 13 heteroatoms. The zero-order valence-electron chi connectivity index (χ0n) is 17.4. The second kappa shape index (κ2) is 7.12. The number of ether oxygens (including phenoxy) is 1. The number of carboxylic acid groups (broad SMARTS) is 1. The zero-order valence-corrected chi connectivity index (χ0v) is 17.4. The normalized spacial score (nSPS) is 17.6. The number of carbonyl (C=O) groups excluding carboxylic acids is 1. The molecule has 174 valence electrons. The Labute approximate surface area is 184 Å². The molecule has 2 amide bonds. The highest BCUT2D eigenvalue weighted by Gasteiger charge is 2.56. The van der Waals surface area contributed by atoms with Crippen molar-refractivity contribution in [1.82, 2.24) is 24.1 Å². The van der Waals surface area contributed by atoms with Gasteiger partial charge in [0.25, 0.3) is 5.91 Å². The first-order valence-electron chi connectivity index (χ1n) is 10.1. The quantitative estimate of drug-likeness (QED) is 0.637. The summed E-state index contributed by atoms with van der Waals surface area (Å²) < 4.78 is 44.8. The molecule has 5 rings (SSSR count). The SMILES string of the molecule is Cn1ccn2ncc(C(=O)N3CC4(CC(N(C(=O)O)c5cncc(OC(F)(F)F)c5)C4)C3)c12. The minimum Gasteiger partial charge on any atom is -0.465 e. The number of pyridine rings is 1.